The molecule has 1 aromatic carbocycles. The Labute approximate surface area is 126 Å². The lowest BCUT2D eigenvalue weighted by Crippen LogP contribution is -2.36. The van der Waals surface area contributed by atoms with Crippen molar-refractivity contribution in [1.82, 2.24) is 5.32 Å². The van der Waals surface area contributed by atoms with Gasteiger partial charge in [0, 0.05) is 11.1 Å². The van der Waals surface area contributed by atoms with Crippen LogP contribution in [0.5, 0.6) is 0 Å². The number of piperidine rings is 1. The third-order valence-electron chi connectivity index (χ3n) is 3.61. The van der Waals surface area contributed by atoms with Crippen LogP contribution in [0.2, 0.25) is 5.02 Å². The van der Waals surface area contributed by atoms with E-state index in [4.69, 9.17) is 11.6 Å². The molecule has 1 unspecified atom stereocenters. The molecule has 4 nitrogen and oxygen atoms in total. The van der Waals surface area contributed by atoms with Gasteiger partial charge in [0.1, 0.15) is 0 Å². The van der Waals surface area contributed by atoms with Crippen molar-refractivity contribution in [3.05, 3.63) is 28.8 Å². The molecule has 0 amide bonds. The summed E-state index contributed by atoms with van der Waals surface area (Å²) < 4.78 is 26.9. The van der Waals surface area contributed by atoms with Crippen LogP contribution in [0.15, 0.2) is 18.2 Å². The molecule has 0 bridgehead atoms. The van der Waals surface area contributed by atoms with Crippen molar-refractivity contribution in [2.24, 2.45) is 0 Å². The summed E-state index contributed by atoms with van der Waals surface area (Å²) >= 11 is 5.90. The van der Waals surface area contributed by atoms with Gasteiger partial charge in [-0.2, -0.15) is 0 Å². The molecular weight excluding hydrogens is 296 g/mol. The van der Waals surface area contributed by atoms with Gasteiger partial charge in [-0.1, -0.05) is 24.1 Å². The summed E-state index contributed by atoms with van der Waals surface area (Å²) in [7, 11) is -3.32. The molecule has 2 rings (SSSR count). The van der Waals surface area contributed by atoms with Crippen LogP contribution in [0.3, 0.4) is 0 Å². The molecule has 2 N–H and O–H groups in total. The summed E-state index contributed by atoms with van der Waals surface area (Å²) in [5.74, 6) is 0.136. The molecule has 0 spiro atoms. The fourth-order valence-corrected chi connectivity index (χ4v) is 3.81. The van der Waals surface area contributed by atoms with Crippen molar-refractivity contribution in [3.8, 4) is 0 Å². The zero-order valence-corrected chi connectivity index (χ0v) is 13.2. The summed E-state index contributed by atoms with van der Waals surface area (Å²) in [6.07, 6.45) is 4.07. The lowest BCUT2D eigenvalue weighted by atomic mass is 10.0. The quantitative estimate of drug-likeness (QED) is 0.878. The van der Waals surface area contributed by atoms with E-state index >= 15 is 0 Å². The molecule has 0 aliphatic carbocycles. The molecule has 1 aromatic rings. The number of hydrogen-bond acceptors (Lipinski definition) is 3. The Morgan fingerprint density at radius 3 is 2.90 bits per heavy atom. The van der Waals surface area contributed by atoms with Crippen molar-refractivity contribution in [1.29, 1.82) is 0 Å². The highest BCUT2D eigenvalue weighted by atomic mass is 35.5. The van der Waals surface area contributed by atoms with Crippen LogP contribution in [0.4, 0.5) is 5.69 Å². The smallest absolute Gasteiger partial charge is 0.232 e. The average molecular weight is 317 g/mol. The Balaban J connectivity index is 1.94. The summed E-state index contributed by atoms with van der Waals surface area (Å²) in [4.78, 5) is 0. The minimum Gasteiger partial charge on any atom is -0.314 e. The molecule has 0 aromatic heterocycles. The number of benzene rings is 1. The van der Waals surface area contributed by atoms with Crippen LogP contribution < -0.4 is 10.0 Å². The molecule has 20 heavy (non-hydrogen) atoms. The SMILES string of the molecule is Cc1ccc(Cl)cc1NS(=O)(=O)CCC1CCCCN1. The Kier molecular flexibility index (Phi) is 5.29. The van der Waals surface area contributed by atoms with Gasteiger partial charge in [0.2, 0.25) is 10.0 Å². The summed E-state index contributed by atoms with van der Waals surface area (Å²) in [5.41, 5.74) is 1.43. The van der Waals surface area contributed by atoms with E-state index in [-0.39, 0.29) is 5.75 Å². The van der Waals surface area contributed by atoms with Gasteiger partial charge < -0.3 is 5.32 Å². The summed E-state index contributed by atoms with van der Waals surface area (Å²) in [5, 5.41) is 3.89. The second-order valence-corrected chi connectivity index (χ2v) is 7.59. The van der Waals surface area contributed by atoms with Crippen molar-refractivity contribution in [3.63, 3.8) is 0 Å². The minimum atomic E-state index is -3.32. The van der Waals surface area contributed by atoms with Gasteiger partial charge in [0.25, 0.3) is 0 Å². The molecule has 0 saturated carbocycles. The van der Waals surface area contributed by atoms with E-state index in [1.54, 1.807) is 12.1 Å². The van der Waals surface area contributed by atoms with E-state index < -0.39 is 10.0 Å². The number of sulfonamides is 1. The monoisotopic (exact) mass is 316 g/mol. The maximum Gasteiger partial charge on any atom is 0.232 e. The molecule has 1 atom stereocenters. The topological polar surface area (TPSA) is 58.2 Å². The van der Waals surface area contributed by atoms with Gasteiger partial charge in [0.15, 0.2) is 0 Å². The van der Waals surface area contributed by atoms with Crippen molar-refractivity contribution >= 4 is 27.3 Å². The van der Waals surface area contributed by atoms with Crippen molar-refractivity contribution < 1.29 is 8.42 Å². The number of aryl methyl sites for hydroxylation is 1. The molecule has 1 aliphatic rings. The van der Waals surface area contributed by atoms with Crippen molar-refractivity contribution in [2.45, 2.75) is 38.6 Å². The molecule has 0 radical (unpaired) electrons. The van der Waals surface area contributed by atoms with E-state index in [9.17, 15) is 8.42 Å². The van der Waals surface area contributed by atoms with Gasteiger partial charge in [-0.05, 0) is 50.4 Å². The summed E-state index contributed by atoms with van der Waals surface area (Å²) in [6.45, 7) is 2.85. The van der Waals surface area contributed by atoms with E-state index in [2.05, 4.69) is 10.0 Å². The number of rotatable bonds is 5. The van der Waals surface area contributed by atoms with Gasteiger partial charge in [-0.3, -0.25) is 4.72 Å². The Morgan fingerprint density at radius 2 is 2.20 bits per heavy atom. The Hall–Kier alpha value is -0.780. The van der Waals surface area contributed by atoms with Crippen LogP contribution in [0, 0.1) is 6.92 Å². The first-order valence-corrected chi connectivity index (χ1v) is 8.99. The van der Waals surface area contributed by atoms with E-state index in [0.29, 0.717) is 23.2 Å². The van der Waals surface area contributed by atoms with Gasteiger partial charge in [0.05, 0.1) is 11.4 Å². The predicted octanol–water partition coefficient (Wildman–Crippen LogP) is 2.92. The maximum absolute atomic E-state index is 12.1. The molecule has 1 heterocycles. The Morgan fingerprint density at radius 1 is 1.40 bits per heavy atom. The van der Waals surface area contributed by atoms with Gasteiger partial charge >= 0.3 is 0 Å². The molecular formula is C14H21ClN2O2S. The van der Waals surface area contributed by atoms with Crippen LogP contribution in [-0.4, -0.2) is 26.8 Å². The van der Waals surface area contributed by atoms with E-state index in [1.165, 1.54) is 12.8 Å². The fraction of sp³-hybridized carbons (Fsp3) is 0.571. The number of hydrogen-bond donors (Lipinski definition) is 2. The van der Waals surface area contributed by atoms with Crippen molar-refractivity contribution in [2.75, 3.05) is 17.0 Å². The van der Waals surface area contributed by atoms with Gasteiger partial charge in [-0.15, -0.1) is 0 Å². The zero-order chi connectivity index (χ0) is 14.6. The van der Waals surface area contributed by atoms with Crippen LogP contribution in [0.1, 0.15) is 31.2 Å². The maximum atomic E-state index is 12.1. The number of halogens is 1. The molecule has 112 valence electrons. The van der Waals surface area contributed by atoms with Gasteiger partial charge in [-0.25, -0.2) is 8.42 Å². The van der Waals surface area contributed by atoms with Crippen LogP contribution >= 0.6 is 11.6 Å². The summed E-state index contributed by atoms with van der Waals surface area (Å²) in [6, 6.07) is 5.53. The third-order valence-corrected chi connectivity index (χ3v) is 5.15. The highest BCUT2D eigenvalue weighted by Crippen LogP contribution is 2.21. The first-order valence-electron chi connectivity index (χ1n) is 6.96. The second-order valence-electron chi connectivity index (χ2n) is 5.32. The predicted molar refractivity (Wildman–Crippen MR) is 83.9 cm³/mol. The first kappa shape index (κ1) is 15.6. The zero-order valence-electron chi connectivity index (χ0n) is 11.7. The lowest BCUT2D eigenvalue weighted by molar-refractivity contribution is 0.393. The minimum absolute atomic E-state index is 0.136. The molecule has 1 fully saturated rings. The Bertz CT molecular complexity index is 554. The number of anilines is 1. The normalized spacial score (nSPS) is 19.8. The largest absolute Gasteiger partial charge is 0.314 e. The highest BCUT2D eigenvalue weighted by molar-refractivity contribution is 7.92. The standard InChI is InChI=1S/C14H21ClN2O2S/c1-11-5-6-12(15)10-14(11)17-20(18,19)9-7-13-4-2-3-8-16-13/h5-6,10,13,16-17H,2-4,7-9H2,1H3. The molecule has 1 saturated heterocycles. The molecule has 6 heteroatoms. The third kappa shape index (κ3) is 4.65. The van der Waals surface area contributed by atoms with E-state index in [1.807, 2.05) is 13.0 Å². The van der Waals surface area contributed by atoms with Crippen LogP contribution in [0.25, 0.3) is 0 Å². The first-order chi connectivity index (χ1) is 9.46. The number of nitrogens with one attached hydrogen (secondary N) is 2. The molecule has 1 aliphatic heterocycles. The average Bonchev–Trinajstić information content (AvgIpc) is 2.42. The lowest BCUT2D eigenvalue weighted by Gasteiger charge is -2.23. The fourth-order valence-electron chi connectivity index (χ4n) is 2.39. The second kappa shape index (κ2) is 6.78. The van der Waals surface area contributed by atoms with E-state index in [0.717, 1.165) is 18.5 Å². The van der Waals surface area contributed by atoms with Crippen LogP contribution in [-0.2, 0) is 10.0 Å². The highest BCUT2D eigenvalue weighted by Gasteiger charge is 2.18.